The number of benzene rings is 1. The van der Waals surface area contributed by atoms with Crippen molar-refractivity contribution in [2.24, 2.45) is 5.73 Å². The van der Waals surface area contributed by atoms with Crippen molar-refractivity contribution < 1.29 is 4.79 Å². The van der Waals surface area contributed by atoms with Gasteiger partial charge >= 0.3 is 0 Å². The van der Waals surface area contributed by atoms with Gasteiger partial charge in [0.1, 0.15) is 5.82 Å². The van der Waals surface area contributed by atoms with Gasteiger partial charge in [-0.15, -0.1) is 0 Å². The van der Waals surface area contributed by atoms with Crippen LogP contribution in [0.25, 0.3) is 0 Å². The molecule has 0 atom stereocenters. The summed E-state index contributed by atoms with van der Waals surface area (Å²) in [5.41, 5.74) is 7.43. The summed E-state index contributed by atoms with van der Waals surface area (Å²) >= 11 is 5.93. The third-order valence-electron chi connectivity index (χ3n) is 2.53. The van der Waals surface area contributed by atoms with E-state index in [0.717, 1.165) is 11.3 Å². The molecule has 1 amide bonds. The van der Waals surface area contributed by atoms with Gasteiger partial charge in [0, 0.05) is 16.9 Å². The van der Waals surface area contributed by atoms with Crippen molar-refractivity contribution in [1.82, 2.24) is 4.98 Å². The molecule has 0 aliphatic heterocycles. The minimum atomic E-state index is -0.523. The van der Waals surface area contributed by atoms with E-state index in [1.54, 1.807) is 30.5 Å². The zero-order valence-electron chi connectivity index (χ0n) is 9.77. The highest BCUT2D eigenvalue weighted by Gasteiger charge is 2.09. The molecular weight excluding hydrogens is 250 g/mol. The molecule has 0 aliphatic carbocycles. The topological polar surface area (TPSA) is 68.0 Å². The van der Waals surface area contributed by atoms with Crippen molar-refractivity contribution in [1.29, 1.82) is 0 Å². The van der Waals surface area contributed by atoms with Crippen LogP contribution < -0.4 is 11.1 Å². The van der Waals surface area contributed by atoms with Crippen LogP contribution in [0, 0.1) is 6.92 Å². The van der Waals surface area contributed by atoms with Crippen LogP contribution in [0.3, 0.4) is 0 Å². The van der Waals surface area contributed by atoms with E-state index in [-0.39, 0.29) is 0 Å². The van der Waals surface area contributed by atoms with E-state index in [4.69, 9.17) is 17.3 Å². The quantitative estimate of drug-likeness (QED) is 0.893. The molecule has 3 N–H and O–H groups in total. The number of carbonyl (C=O) groups excluding carboxylic acids is 1. The van der Waals surface area contributed by atoms with Crippen LogP contribution in [-0.4, -0.2) is 10.9 Å². The van der Waals surface area contributed by atoms with Crippen LogP contribution in [0.5, 0.6) is 0 Å². The van der Waals surface area contributed by atoms with Gasteiger partial charge in [0.25, 0.3) is 5.91 Å². The van der Waals surface area contributed by atoms with Gasteiger partial charge < -0.3 is 11.1 Å². The number of hydrogen-bond acceptors (Lipinski definition) is 3. The fourth-order valence-electron chi connectivity index (χ4n) is 1.56. The molecule has 2 aromatic rings. The minimum absolute atomic E-state index is 0.344. The van der Waals surface area contributed by atoms with E-state index >= 15 is 0 Å². The van der Waals surface area contributed by atoms with E-state index in [9.17, 15) is 4.79 Å². The van der Waals surface area contributed by atoms with E-state index in [0.29, 0.717) is 16.4 Å². The second-order valence-electron chi connectivity index (χ2n) is 3.85. The summed E-state index contributed by atoms with van der Waals surface area (Å²) in [6.45, 7) is 1.94. The van der Waals surface area contributed by atoms with Crippen LogP contribution in [0.1, 0.15) is 15.9 Å². The lowest BCUT2D eigenvalue weighted by molar-refractivity contribution is 0.100. The molecule has 0 bridgehead atoms. The summed E-state index contributed by atoms with van der Waals surface area (Å²) in [4.78, 5) is 15.4. The number of aryl methyl sites for hydroxylation is 1. The number of amides is 1. The average molecular weight is 262 g/mol. The molecular formula is C13H12ClN3O. The molecule has 2 rings (SSSR count). The Morgan fingerprint density at radius 1 is 1.39 bits per heavy atom. The van der Waals surface area contributed by atoms with E-state index in [1.807, 2.05) is 13.0 Å². The Balaban J connectivity index is 2.40. The Hall–Kier alpha value is -2.07. The fourth-order valence-corrected chi connectivity index (χ4v) is 1.73. The summed E-state index contributed by atoms with van der Waals surface area (Å²) in [5.74, 6) is -0.0966. The van der Waals surface area contributed by atoms with Crippen LogP contribution in [0.4, 0.5) is 11.5 Å². The first kappa shape index (κ1) is 12.4. The van der Waals surface area contributed by atoms with Gasteiger partial charge in [0.2, 0.25) is 0 Å². The van der Waals surface area contributed by atoms with Crippen LogP contribution in [0.2, 0.25) is 5.02 Å². The van der Waals surface area contributed by atoms with Crippen molar-refractivity contribution in [2.45, 2.75) is 6.92 Å². The number of primary amides is 1. The van der Waals surface area contributed by atoms with Gasteiger partial charge in [-0.1, -0.05) is 17.7 Å². The normalized spacial score (nSPS) is 10.1. The van der Waals surface area contributed by atoms with Gasteiger partial charge in [-0.05, 0) is 36.8 Å². The molecule has 5 heteroatoms. The first-order valence-electron chi connectivity index (χ1n) is 5.36. The maximum Gasteiger partial charge on any atom is 0.252 e. The van der Waals surface area contributed by atoms with Crippen LogP contribution in [-0.2, 0) is 0 Å². The molecule has 0 saturated carbocycles. The number of rotatable bonds is 3. The maximum atomic E-state index is 11.3. The molecule has 0 unspecified atom stereocenters. The Morgan fingerprint density at radius 2 is 2.17 bits per heavy atom. The first-order valence-corrected chi connectivity index (χ1v) is 5.73. The fraction of sp³-hybridized carbons (Fsp3) is 0.0769. The Kier molecular flexibility index (Phi) is 3.48. The van der Waals surface area contributed by atoms with Gasteiger partial charge in [-0.25, -0.2) is 4.98 Å². The van der Waals surface area contributed by atoms with E-state index < -0.39 is 5.91 Å². The number of nitrogens with two attached hydrogens (primary N) is 1. The van der Waals surface area contributed by atoms with Crippen molar-refractivity contribution >= 4 is 29.0 Å². The lowest BCUT2D eigenvalue weighted by Crippen LogP contribution is -2.14. The third kappa shape index (κ3) is 2.60. The molecule has 0 radical (unpaired) electrons. The molecule has 1 heterocycles. The van der Waals surface area contributed by atoms with Crippen LogP contribution >= 0.6 is 11.6 Å². The summed E-state index contributed by atoms with van der Waals surface area (Å²) in [7, 11) is 0. The summed E-state index contributed by atoms with van der Waals surface area (Å²) in [6, 6.07) is 8.75. The number of aromatic nitrogens is 1. The van der Waals surface area contributed by atoms with Crippen LogP contribution in [0.15, 0.2) is 36.5 Å². The lowest BCUT2D eigenvalue weighted by Gasteiger charge is -2.11. The standard InChI is InChI=1S/C13H12ClN3O/c1-8-4-5-9(14)7-11(8)17-13-10(12(15)18)3-2-6-16-13/h2-7H,1H3,(H2,15,18)(H,16,17). The molecule has 0 fully saturated rings. The smallest absolute Gasteiger partial charge is 0.252 e. The highest BCUT2D eigenvalue weighted by molar-refractivity contribution is 6.30. The highest BCUT2D eigenvalue weighted by Crippen LogP contribution is 2.24. The zero-order chi connectivity index (χ0) is 13.1. The Morgan fingerprint density at radius 3 is 2.89 bits per heavy atom. The predicted octanol–water partition coefficient (Wildman–Crippen LogP) is 2.89. The average Bonchev–Trinajstić information content (AvgIpc) is 2.34. The number of pyridine rings is 1. The number of anilines is 2. The van der Waals surface area contributed by atoms with Crippen molar-refractivity contribution in [3.8, 4) is 0 Å². The first-order chi connectivity index (χ1) is 8.58. The molecule has 0 spiro atoms. The number of nitrogens with zero attached hydrogens (tertiary/aromatic N) is 1. The van der Waals surface area contributed by atoms with Crippen molar-refractivity contribution in [3.63, 3.8) is 0 Å². The van der Waals surface area contributed by atoms with Gasteiger partial charge in [-0.2, -0.15) is 0 Å². The van der Waals surface area contributed by atoms with Gasteiger partial charge in [0.15, 0.2) is 0 Å². The van der Waals surface area contributed by atoms with E-state index in [1.165, 1.54) is 0 Å². The third-order valence-corrected chi connectivity index (χ3v) is 2.76. The summed E-state index contributed by atoms with van der Waals surface area (Å²) < 4.78 is 0. The summed E-state index contributed by atoms with van der Waals surface area (Å²) in [5, 5.41) is 3.68. The molecule has 1 aromatic heterocycles. The molecule has 4 nitrogen and oxygen atoms in total. The number of carbonyl (C=O) groups is 1. The van der Waals surface area contributed by atoms with E-state index in [2.05, 4.69) is 10.3 Å². The van der Waals surface area contributed by atoms with Gasteiger partial charge in [-0.3, -0.25) is 4.79 Å². The molecule has 18 heavy (non-hydrogen) atoms. The predicted molar refractivity (Wildman–Crippen MR) is 72.2 cm³/mol. The maximum absolute atomic E-state index is 11.3. The minimum Gasteiger partial charge on any atom is -0.365 e. The molecule has 0 saturated heterocycles. The SMILES string of the molecule is Cc1ccc(Cl)cc1Nc1ncccc1C(N)=O. The Labute approximate surface area is 110 Å². The largest absolute Gasteiger partial charge is 0.365 e. The molecule has 92 valence electrons. The number of hydrogen-bond donors (Lipinski definition) is 2. The van der Waals surface area contributed by atoms with Crippen molar-refractivity contribution in [3.05, 3.63) is 52.7 Å². The second-order valence-corrected chi connectivity index (χ2v) is 4.28. The Bertz CT molecular complexity index is 599. The zero-order valence-corrected chi connectivity index (χ0v) is 10.5. The van der Waals surface area contributed by atoms with Crippen molar-refractivity contribution in [2.75, 3.05) is 5.32 Å². The molecule has 0 aliphatic rings. The second kappa shape index (κ2) is 5.06. The molecule has 1 aromatic carbocycles. The monoisotopic (exact) mass is 261 g/mol. The van der Waals surface area contributed by atoms with Gasteiger partial charge in [0.05, 0.1) is 5.56 Å². The number of nitrogens with one attached hydrogen (secondary N) is 1. The highest BCUT2D eigenvalue weighted by atomic mass is 35.5. The lowest BCUT2D eigenvalue weighted by atomic mass is 10.2. The number of halogens is 1. The summed E-state index contributed by atoms with van der Waals surface area (Å²) in [6.07, 6.45) is 1.59.